The van der Waals surface area contributed by atoms with Gasteiger partial charge < -0.3 is 14.7 Å². The van der Waals surface area contributed by atoms with Gasteiger partial charge in [-0.05, 0) is 11.6 Å². The number of benzene rings is 1. The van der Waals surface area contributed by atoms with Gasteiger partial charge in [-0.3, -0.25) is 0 Å². The minimum atomic E-state index is -0.0176. The fourth-order valence-electron chi connectivity index (χ4n) is 1.86. The summed E-state index contributed by atoms with van der Waals surface area (Å²) in [6.07, 6.45) is 0. The van der Waals surface area contributed by atoms with Crippen LogP contribution in [0.25, 0.3) is 0 Å². The molecule has 2 aromatic rings. The van der Waals surface area contributed by atoms with Crippen LogP contribution >= 0.6 is 22.9 Å². The van der Waals surface area contributed by atoms with Crippen LogP contribution in [0.4, 0.5) is 5.13 Å². The molecule has 0 amide bonds. The Morgan fingerprint density at radius 2 is 2.15 bits per heavy atom. The smallest absolute Gasteiger partial charge is 0.185 e. The van der Waals surface area contributed by atoms with Crippen LogP contribution < -0.4 is 4.90 Å². The summed E-state index contributed by atoms with van der Waals surface area (Å²) in [5.41, 5.74) is 1.84. The standard InChI is InChI=1S/C14H17ClN2O2S/c1-17(7-10-5-3-4-6-11(10)15)14-16-12(9-19-2)13(8-18)20-14/h3-6,18H,7-9H2,1-2H3. The Kier molecular flexibility index (Phi) is 5.37. The highest BCUT2D eigenvalue weighted by Crippen LogP contribution is 2.28. The first-order valence-corrected chi connectivity index (χ1v) is 7.38. The SMILES string of the molecule is COCc1nc(N(C)Cc2ccccc2Cl)sc1CO. The number of aliphatic hydroxyl groups excluding tert-OH is 1. The predicted molar refractivity (Wildman–Crippen MR) is 82.3 cm³/mol. The zero-order chi connectivity index (χ0) is 14.5. The molecular formula is C14H17ClN2O2S. The van der Waals surface area contributed by atoms with Crippen molar-refractivity contribution < 1.29 is 9.84 Å². The highest BCUT2D eigenvalue weighted by molar-refractivity contribution is 7.15. The number of aromatic nitrogens is 1. The highest BCUT2D eigenvalue weighted by Gasteiger charge is 2.14. The summed E-state index contributed by atoms with van der Waals surface area (Å²) < 4.78 is 5.09. The summed E-state index contributed by atoms with van der Waals surface area (Å²) >= 11 is 7.64. The third-order valence-electron chi connectivity index (χ3n) is 2.88. The third kappa shape index (κ3) is 3.49. The maximum atomic E-state index is 9.35. The molecule has 0 fully saturated rings. The van der Waals surface area contributed by atoms with E-state index in [1.807, 2.05) is 36.2 Å². The summed E-state index contributed by atoms with van der Waals surface area (Å²) in [7, 11) is 3.58. The van der Waals surface area contributed by atoms with Crippen LogP contribution in [0.2, 0.25) is 5.02 Å². The van der Waals surface area contributed by atoms with Crippen molar-refractivity contribution in [1.29, 1.82) is 0 Å². The molecule has 0 aliphatic heterocycles. The molecule has 1 aromatic heterocycles. The van der Waals surface area contributed by atoms with E-state index < -0.39 is 0 Å². The first-order chi connectivity index (χ1) is 9.65. The van der Waals surface area contributed by atoms with Crippen LogP contribution in [-0.2, 0) is 24.5 Å². The number of aliphatic hydroxyl groups is 1. The largest absolute Gasteiger partial charge is 0.391 e. The van der Waals surface area contributed by atoms with E-state index in [1.54, 1.807) is 7.11 Å². The lowest BCUT2D eigenvalue weighted by molar-refractivity contribution is 0.179. The van der Waals surface area contributed by atoms with Crippen molar-refractivity contribution in [1.82, 2.24) is 4.98 Å². The average molecular weight is 313 g/mol. The molecule has 0 bridgehead atoms. The van der Waals surface area contributed by atoms with Gasteiger partial charge in [0, 0.05) is 25.7 Å². The second-order valence-corrected chi connectivity index (χ2v) is 5.87. The van der Waals surface area contributed by atoms with E-state index in [4.69, 9.17) is 16.3 Å². The van der Waals surface area contributed by atoms with Crippen molar-refractivity contribution in [3.63, 3.8) is 0 Å². The second kappa shape index (κ2) is 7.04. The molecule has 0 atom stereocenters. The van der Waals surface area contributed by atoms with Crippen LogP contribution in [0, 0.1) is 0 Å². The Morgan fingerprint density at radius 1 is 1.40 bits per heavy atom. The lowest BCUT2D eigenvalue weighted by Crippen LogP contribution is -2.16. The third-order valence-corrected chi connectivity index (χ3v) is 4.45. The number of thiazole rings is 1. The van der Waals surface area contributed by atoms with Crippen LogP contribution in [0.3, 0.4) is 0 Å². The molecule has 0 aliphatic carbocycles. The lowest BCUT2D eigenvalue weighted by Gasteiger charge is -2.16. The van der Waals surface area contributed by atoms with Crippen molar-refractivity contribution in [2.24, 2.45) is 0 Å². The molecule has 6 heteroatoms. The zero-order valence-electron chi connectivity index (χ0n) is 11.5. The summed E-state index contributed by atoms with van der Waals surface area (Å²) in [5.74, 6) is 0. The summed E-state index contributed by atoms with van der Waals surface area (Å²) in [6.45, 7) is 1.06. The number of ether oxygens (including phenoxy) is 1. The molecule has 20 heavy (non-hydrogen) atoms. The van der Waals surface area contributed by atoms with Crippen LogP contribution in [0.1, 0.15) is 16.1 Å². The molecule has 1 heterocycles. The van der Waals surface area contributed by atoms with Crippen molar-refractivity contribution in [2.75, 3.05) is 19.1 Å². The second-order valence-electron chi connectivity index (χ2n) is 4.40. The molecule has 1 N–H and O–H groups in total. The number of rotatable bonds is 6. The topological polar surface area (TPSA) is 45.6 Å². The van der Waals surface area contributed by atoms with Crippen molar-refractivity contribution in [3.05, 3.63) is 45.4 Å². The molecule has 4 nitrogen and oxygen atoms in total. The zero-order valence-corrected chi connectivity index (χ0v) is 13.0. The Hall–Kier alpha value is -1.14. The van der Waals surface area contributed by atoms with Crippen molar-refractivity contribution in [3.8, 4) is 0 Å². The van der Waals surface area contributed by atoms with E-state index in [9.17, 15) is 5.11 Å². The van der Waals surface area contributed by atoms with Gasteiger partial charge in [0.05, 0.1) is 23.8 Å². The number of methoxy groups -OCH3 is 1. The predicted octanol–water partition coefficient (Wildman–Crippen LogP) is 3.07. The number of nitrogens with zero attached hydrogens (tertiary/aromatic N) is 2. The molecule has 0 saturated heterocycles. The molecule has 0 radical (unpaired) electrons. The minimum Gasteiger partial charge on any atom is -0.391 e. The average Bonchev–Trinajstić information content (AvgIpc) is 2.85. The van der Waals surface area contributed by atoms with E-state index in [2.05, 4.69) is 4.98 Å². The van der Waals surface area contributed by atoms with Gasteiger partial charge in [0.15, 0.2) is 5.13 Å². The lowest BCUT2D eigenvalue weighted by atomic mass is 10.2. The van der Waals surface area contributed by atoms with E-state index >= 15 is 0 Å². The van der Waals surface area contributed by atoms with Gasteiger partial charge >= 0.3 is 0 Å². The molecule has 1 aromatic carbocycles. The van der Waals surface area contributed by atoms with Gasteiger partial charge in [0.1, 0.15) is 0 Å². The van der Waals surface area contributed by atoms with Gasteiger partial charge in [-0.2, -0.15) is 0 Å². The normalized spacial score (nSPS) is 10.8. The Balaban J connectivity index is 2.17. The molecule has 0 unspecified atom stereocenters. The van der Waals surface area contributed by atoms with E-state index in [0.717, 1.165) is 26.3 Å². The fraction of sp³-hybridized carbons (Fsp3) is 0.357. The monoisotopic (exact) mass is 312 g/mol. The number of anilines is 1. The van der Waals surface area contributed by atoms with Gasteiger partial charge in [-0.1, -0.05) is 41.1 Å². The molecule has 0 aliphatic rings. The summed E-state index contributed by atoms with van der Waals surface area (Å²) in [6, 6.07) is 7.75. The Morgan fingerprint density at radius 3 is 2.80 bits per heavy atom. The summed E-state index contributed by atoms with van der Waals surface area (Å²) in [5, 5.41) is 10.9. The van der Waals surface area contributed by atoms with Gasteiger partial charge in [-0.25, -0.2) is 4.98 Å². The maximum Gasteiger partial charge on any atom is 0.185 e. The van der Waals surface area contributed by atoms with Crippen molar-refractivity contribution in [2.45, 2.75) is 19.8 Å². The van der Waals surface area contributed by atoms with Crippen LogP contribution in [-0.4, -0.2) is 24.2 Å². The quantitative estimate of drug-likeness (QED) is 0.890. The highest BCUT2D eigenvalue weighted by atomic mass is 35.5. The van der Waals surface area contributed by atoms with E-state index in [-0.39, 0.29) is 6.61 Å². The molecule has 108 valence electrons. The fourth-order valence-corrected chi connectivity index (χ4v) is 2.93. The minimum absolute atomic E-state index is 0.0176. The molecular weight excluding hydrogens is 296 g/mol. The van der Waals surface area contributed by atoms with Crippen molar-refractivity contribution >= 4 is 28.1 Å². The van der Waals surface area contributed by atoms with Crippen LogP contribution in [0.15, 0.2) is 24.3 Å². The van der Waals surface area contributed by atoms with Gasteiger partial charge in [0.25, 0.3) is 0 Å². The Bertz CT molecular complexity index is 574. The molecule has 0 spiro atoms. The van der Waals surface area contributed by atoms with E-state index in [0.29, 0.717) is 13.2 Å². The molecule has 0 saturated carbocycles. The van der Waals surface area contributed by atoms with Gasteiger partial charge in [0.2, 0.25) is 0 Å². The van der Waals surface area contributed by atoms with Crippen LogP contribution in [0.5, 0.6) is 0 Å². The van der Waals surface area contributed by atoms with Gasteiger partial charge in [-0.15, -0.1) is 0 Å². The first-order valence-electron chi connectivity index (χ1n) is 6.18. The summed E-state index contributed by atoms with van der Waals surface area (Å²) in [4.78, 5) is 7.37. The van der Waals surface area contributed by atoms with E-state index in [1.165, 1.54) is 11.3 Å². The molecule has 2 rings (SSSR count). The Labute approximate surface area is 127 Å². The maximum absolute atomic E-state index is 9.35. The number of halogens is 1. The first kappa shape index (κ1) is 15.3. The number of hydrogen-bond acceptors (Lipinski definition) is 5. The number of hydrogen-bond donors (Lipinski definition) is 1.